The van der Waals surface area contributed by atoms with Crippen molar-refractivity contribution in [2.45, 2.75) is 25.8 Å². The lowest BCUT2D eigenvalue weighted by molar-refractivity contribution is -0.123. The molecule has 1 N–H and O–H groups in total. The number of hydrogen-bond donors (Lipinski definition) is 1. The van der Waals surface area contributed by atoms with Crippen LogP contribution in [0.2, 0.25) is 0 Å². The maximum atomic E-state index is 9.66. The molecule has 0 aliphatic carbocycles. The number of nitrogens with zero attached hydrogens (tertiary/aromatic N) is 5. The number of benzene rings is 1. The molecule has 2 atom stereocenters. The summed E-state index contributed by atoms with van der Waals surface area (Å²) in [7, 11) is 1.59. The Kier molecular flexibility index (Phi) is 6.37. The molecule has 2 aromatic heterocycles. The predicted octanol–water partition coefficient (Wildman–Crippen LogP) is 2.08. The van der Waals surface area contributed by atoms with E-state index < -0.39 is 0 Å². The van der Waals surface area contributed by atoms with Crippen LogP contribution < -0.4 is 9.64 Å². The Balaban J connectivity index is 1.41. The van der Waals surface area contributed by atoms with Gasteiger partial charge in [0.25, 0.3) is 0 Å². The minimum absolute atomic E-state index is 0.00106. The van der Waals surface area contributed by atoms with Crippen LogP contribution in [-0.4, -0.2) is 83.8 Å². The van der Waals surface area contributed by atoms with E-state index in [-0.39, 0.29) is 12.8 Å². The van der Waals surface area contributed by atoms with E-state index in [9.17, 15) is 5.11 Å². The van der Waals surface area contributed by atoms with Crippen LogP contribution in [0.5, 0.6) is 5.75 Å². The average molecular weight is 452 g/mol. The molecule has 33 heavy (non-hydrogen) atoms. The van der Waals surface area contributed by atoms with Gasteiger partial charge in [0.1, 0.15) is 12.0 Å². The third-order valence-electron chi connectivity index (χ3n) is 6.32. The topological polar surface area (TPSA) is 93.1 Å². The molecule has 2 aliphatic heterocycles. The molecule has 0 saturated carbocycles. The fourth-order valence-corrected chi connectivity index (χ4v) is 4.47. The van der Waals surface area contributed by atoms with Crippen LogP contribution in [0.25, 0.3) is 22.2 Å². The molecule has 9 nitrogen and oxygen atoms in total. The summed E-state index contributed by atoms with van der Waals surface area (Å²) < 4.78 is 17.0. The summed E-state index contributed by atoms with van der Waals surface area (Å²) in [6, 6.07) is 7.96. The van der Waals surface area contributed by atoms with Gasteiger partial charge in [-0.3, -0.25) is 9.88 Å². The van der Waals surface area contributed by atoms with E-state index in [1.165, 1.54) is 0 Å². The van der Waals surface area contributed by atoms with Gasteiger partial charge in [0, 0.05) is 48.0 Å². The molecule has 0 bridgehead atoms. The highest BCUT2D eigenvalue weighted by Crippen LogP contribution is 2.28. The molecule has 5 rings (SSSR count). The molecule has 9 heteroatoms. The SMILES string of the molecule is COc1ccc(-c2cc3nc(N4CCO[C@H](N5CCOC[C@@H]5C)C4)ncc3cn2)cc1CO. The largest absolute Gasteiger partial charge is 0.496 e. The van der Waals surface area contributed by atoms with Crippen LogP contribution >= 0.6 is 0 Å². The summed E-state index contributed by atoms with van der Waals surface area (Å²) in [6.45, 7) is 6.49. The number of hydrogen-bond acceptors (Lipinski definition) is 9. The Morgan fingerprint density at radius 3 is 2.85 bits per heavy atom. The lowest BCUT2D eigenvalue weighted by Crippen LogP contribution is -2.57. The van der Waals surface area contributed by atoms with Crippen molar-refractivity contribution >= 4 is 16.9 Å². The monoisotopic (exact) mass is 451 g/mol. The summed E-state index contributed by atoms with van der Waals surface area (Å²) in [6.07, 6.45) is 3.61. The van der Waals surface area contributed by atoms with Gasteiger partial charge < -0.3 is 24.2 Å². The van der Waals surface area contributed by atoms with Crippen molar-refractivity contribution in [3.8, 4) is 17.0 Å². The summed E-state index contributed by atoms with van der Waals surface area (Å²) in [5.74, 6) is 1.35. The first-order valence-electron chi connectivity index (χ1n) is 11.3. The van der Waals surface area contributed by atoms with Gasteiger partial charge in [0.05, 0.1) is 51.3 Å². The number of aromatic nitrogens is 3. The Labute approximate surface area is 192 Å². The first kappa shape index (κ1) is 22.0. The summed E-state index contributed by atoms with van der Waals surface area (Å²) in [4.78, 5) is 18.6. The van der Waals surface area contributed by atoms with Crippen LogP contribution in [0.3, 0.4) is 0 Å². The number of ether oxygens (including phenoxy) is 3. The molecule has 0 radical (unpaired) electrons. The zero-order chi connectivity index (χ0) is 22.8. The number of aliphatic hydroxyl groups is 1. The van der Waals surface area contributed by atoms with Crippen LogP contribution in [0.1, 0.15) is 12.5 Å². The molecule has 2 fully saturated rings. The van der Waals surface area contributed by atoms with Gasteiger partial charge in [0.2, 0.25) is 5.95 Å². The van der Waals surface area contributed by atoms with E-state index in [0.717, 1.165) is 54.0 Å². The Morgan fingerprint density at radius 2 is 2.03 bits per heavy atom. The molecule has 174 valence electrons. The number of aliphatic hydroxyl groups excluding tert-OH is 1. The fourth-order valence-electron chi connectivity index (χ4n) is 4.47. The minimum Gasteiger partial charge on any atom is -0.496 e. The maximum Gasteiger partial charge on any atom is 0.226 e. The molecular formula is C24H29N5O4. The zero-order valence-electron chi connectivity index (χ0n) is 19.0. The molecule has 4 heterocycles. The van der Waals surface area contributed by atoms with Crippen LogP contribution in [0, 0.1) is 0 Å². The second-order valence-electron chi connectivity index (χ2n) is 8.42. The molecule has 0 spiro atoms. The Morgan fingerprint density at radius 1 is 1.15 bits per heavy atom. The van der Waals surface area contributed by atoms with E-state index in [0.29, 0.717) is 30.9 Å². The zero-order valence-corrected chi connectivity index (χ0v) is 19.0. The highest BCUT2D eigenvalue weighted by molar-refractivity contribution is 5.82. The highest BCUT2D eigenvalue weighted by Gasteiger charge is 2.32. The number of morpholine rings is 2. The number of fused-ring (bicyclic) bond motifs is 1. The lowest BCUT2D eigenvalue weighted by atomic mass is 10.1. The standard InChI is InChI=1S/C24H29N5O4/c1-16-15-32-7-6-29(16)23-13-28(5-8-33-23)24-26-12-19-11-25-20(10-21(19)27-24)17-3-4-22(31-2)18(9-17)14-30/h3-4,9-12,16,23,30H,5-8,13-15H2,1-2H3/t16-,23-/m0/s1. The van der Waals surface area contributed by atoms with E-state index in [4.69, 9.17) is 19.2 Å². The van der Waals surface area contributed by atoms with Gasteiger partial charge in [-0.1, -0.05) is 0 Å². The van der Waals surface area contributed by atoms with Crippen molar-refractivity contribution in [3.63, 3.8) is 0 Å². The lowest BCUT2D eigenvalue weighted by Gasteiger charge is -2.43. The second-order valence-corrected chi connectivity index (χ2v) is 8.42. The number of pyridine rings is 1. The van der Waals surface area contributed by atoms with Gasteiger partial charge in [-0.15, -0.1) is 0 Å². The quantitative estimate of drug-likeness (QED) is 0.626. The van der Waals surface area contributed by atoms with Crippen molar-refractivity contribution in [2.75, 3.05) is 51.5 Å². The van der Waals surface area contributed by atoms with Gasteiger partial charge in [-0.05, 0) is 31.2 Å². The molecule has 0 unspecified atom stereocenters. The molecular weight excluding hydrogens is 422 g/mol. The van der Waals surface area contributed by atoms with Crippen LogP contribution in [-0.2, 0) is 16.1 Å². The van der Waals surface area contributed by atoms with Gasteiger partial charge in [-0.2, -0.15) is 0 Å². The third-order valence-corrected chi connectivity index (χ3v) is 6.32. The molecule has 2 saturated heterocycles. The van der Waals surface area contributed by atoms with Gasteiger partial charge >= 0.3 is 0 Å². The highest BCUT2D eigenvalue weighted by atomic mass is 16.5. The van der Waals surface area contributed by atoms with E-state index in [1.54, 1.807) is 13.3 Å². The van der Waals surface area contributed by atoms with Crippen molar-refractivity contribution in [1.82, 2.24) is 19.9 Å². The molecule has 2 aliphatic rings. The molecule has 3 aromatic rings. The minimum atomic E-state index is -0.100. The van der Waals surface area contributed by atoms with Crippen LogP contribution in [0.4, 0.5) is 5.95 Å². The van der Waals surface area contributed by atoms with Crippen molar-refractivity contribution in [2.24, 2.45) is 0 Å². The van der Waals surface area contributed by atoms with E-state index in [2.05, 4.69) is 26.7 Å². The normalized spacial score (nSPS) is 22.0. The van der Waals surface area contributed by atoms with Gasteiger partial charge in [-0.25, -0.2) is 9.97 Å². The maximum absolute atomic E-state index is 9.66. The summed E-state index contributed by atoms with van der Waals surface area (Å²) in [5.41, 5.74) is 3.23. The van der Waals surface area contributed by atoms with Crippen molar-refractivity contribution in [1.29, 1.82) is 0 Å². The second kappa shape index (κ2) is 9.56. The summed E-state index contributed by atoms with van der Waals surface area (Å²) >= 11 is 0. The van der Waals surface area contributed by atoms with Crippen molar-refractivity contribution < 1.29 is 19.3 Å². The first-order valence-corrected chi connectivity index (χ1v) is 11.3. The fraction of sp³-hybridized carbons (Fsp3) is 0.458. The van der Waals surface area contributed by atoms with Crippen molar-refractivity contribution in [3.05, 3.63) is 42.2 Å². The van der Waals surface area contributed by atoms with E-state index in [1.807, 2.05) is 30.5 Å². The summed E-state index contributed by atoms with van der Waals surface area (Å²) in [5, 5.41) is 10.5. The Bertz CT molecular complexity index is 1130. The first-order chi connectivity index (χ1) is 16.2. The number of rotatable bonds is 5. The van der Waals surface area contributed by atoms with E-state index >= 15 is 0 Å². The smallest absolute Gasteiger partial charge is 0.226 e. The average Bonchev–Trinajstić information content (AvgIpc) is 2.88. The number of methoxy groups -OCH3 is 1. The van der Waals surface area contributed by atoms with Crippen LogP contribution in [0.15, 0.2) is 36.7 Å². The number of anilines is 1. The van der Waals surface area contributed by atoms with Gasteiger partial charge in [0.15, 0.2) is 0 Å². The molecule has 1 aromatic carbocycles. The third kappa shape index (κ3) is 4.49. The molecule has 0 amide bonds. The predicted molar refractivity (Wildman–Crippen MR) is 124 cm³/mol. The Hall–Kier alpha value is -2.85.